The Morgan fingerprint density at radius 1 is 0.670 bits per heavy atom. The molecule has 3 saturated heterocycles. The lowest BCUT2D eigenvalue weighted by atomic mass is 9.32. The number of aliphatic carboxylic acids is 1. The molecule has 27 atom stereocenters. The summed E-state index contributed by atoms with van der Waals surface area (Å²) in [5, 5.41) is 124. The van der Waals surface area contributed by atoms with E-state index in [1.807, 2.05) is 55.4 Å². The molecule has 500 valence electrons. The monoisotopic (exact) mass is 1250 g/mol. The summed E-state index contributed by atoms with van der Waals surface area (Å²) in [6, 6.07) is 0. The van der Waals surface area contributed by atoms with Crippen molar-refractivity contribution in [3.05, 3.63) is 34.9 Å². The molecule has 5 aliphatic carbocycles. The standard InChI is InChI=1S/C64H100O24/c1-14-30(4)54(78)88-52-51(87-55(79)31(5)18-16-15-17-29(2)3)59(7,8)25-34-33-19-20-38-61(11)23-22-39(60(9,10)37(61)21-24-62(38,12)63(33,13)49(74)50(75)64(34,52)28-67)83-58-48(86-57-44(73)42(71)40(69)35(26-65)81-57)46(80-32(6)68)45(47(85-58)53(76)77)84-56-43(72)41(70)36(27-66)82-56/h17-19,30,34-52,56-58,65-67,69-75H,14-16,20-28H2,1-13H3,(H,76,77)/b31-18+/t30?,34-,35+,36-,37-,38+,39-,40+,41-,42-,43+,44+,45-,46-,47-,48+,49-,50+,51-,52-,56-,57-,58+,61-,62+,63-,64-/m0/s1. The summed E-state index contributed by atoms with van der Waals surface area (Å²) in [5.41, 5.74) is -3.54. The Morgan fingerprint density at radius 3 is 1.83 bits per heavy atom. The number of carboxylic acid groups (broad SMARTS) is 1. The van der Waals surface area contributed by atoms with Gasteiger partial charge in [0.2, 0.25) is 0 Å². The Hall–Kier alpha value is -3.54. The molecule has 4 saturated carbocycles. The number of fused-ring (bicyclic) bond motifs is 7. The first-order chi connectivity index (χ1) is 41.1. The van der Waals surface area contributed by atoms with Crippen molar-refractivity contribution in [2.45, 2.75) is 264 Å². The molecule has 3 aliphatic heterocycles. The normalized spacial score (nSPS) is 45.7. The quantitative estimate of drug-likeness (QED) is 0.0221. The summed E-state index contributed by atoms with van der Waals surface area (Å²) in [6.07, 6.45) is -21.7. The van der Waals surface area contributed by atoms with E-state index in [9.17, 15) is 75.3 Å². The molecule has 88 heavy (non-hydrogen) atoms. The second kappa shape index (κ2) is 26.5. The van der Waals surface area contributed by atoms with Crippen LogP contribution in [0.5, 0.6) is 0 Å². The van der Waals surface area contributed by atoms with Gasteiger partial charge in [0, 0.05) is 23.3 Å². The summed E-state index contributed by atoms with van der Waals surface area (Å²) < 4.78 is 55.6. The lowest BCUT2D eigenvalue weighted by molar-refractivity contribution is -0.383. The first kappa shape index (κ1) is 70.3. The summed E-state index contributed by atoms with van der Waals surface area (Å²) in [4.78, 5) is 54.7. The van der Waals surface area contributed by atoms with E-state index in [1.165, 1.54) is 0 Å². The molecule has 0 aromatic heterocycles. The number of aliphatic hydroxyl groups is 10. The van der Waals surface area contributed by atoms with Gasteiger partial charge in [-0.25, -0.2) is 9.59 Å². The van der Waals surface area contributed by atoms with Crippen LogP contribution in [0.25, 0.3) is 0 Å². The summed E-state index contributed by atoms with van der Waals surface area (Å²) in [7, 11) is 0. The van der Waals surface area contributed by atoms with E-state index >= 15 is 0 Å². The van der Waals surface area contributed by atoms with Crippen molar-refractivity contribution < 1.29 is 118 Å². The minimum Gasteiger partial charge on any atom is -0.479 e. The molecule has 24 nitrogen and oxygen atoms in total. The fourth-order valence-corrected chi connectivity index (χ4v) is 17.3. The Kier molecular flexibility index (Phi) is 21.1. The Morgan fingerprint density at radius 2 is 1.26 bits per heavy atom. The largest absolute Gasteiger partial charge is 0.479 e. The van der Waals surface area contributed by atoms with Gasteiger partial charge in [0.1, 0.15) is 54.9 Å². The van der Waals surface area contributed by atoms with Gasteiger partial charge in [-0.3, -0.25) is 9.59 Å². The Labute approximate surface area is 515 Å². The number of esters is 3. The third-order valence-corrected chi connectivity index (χ3v) is 22.6. The number of unbranched alkanes of at least 4 members (excludes halogenated alkanes) is 1. The maximum atomic E-state index is 14.1. The van der Waals surface area contributed by atoms with Crippen LogP contribution < -0.4 is 0 Å². The maximum Gasteiger partial charge on any atom is 0.335 e. The summed E-state index contributed by atoms with van der Waals surface area (Å²) in [5.74, 6) is -5.47. The number of carboxylic acids is 1. The molecule has 11 N–H and O–H groups in total. The molecular weight excluding hydrogens is 1150 g/mol. The van der Waals surface area contributed by atoms with Gasteiger partial charge in [0.25, 0.3) is 0 Å². The number of allylic oxidation sites excluding steroid dienone is 4. The molecule has 0 aromatic rings. The number of hydrogen-bond acceptors (Lipinski definition) is 23. The zero-order valence-corrected chi connectivity index (χ0v) is 53.2. The fourth-order valence-electron chi connectivity index (χ4n) is 17.3. The molecule has 0 bridgehead atoms. The number of hydrogen-bond donors (Lipinski definition) is 11. The number of ether oxygens (including phenoxy) is 9. The van der Waals surface area contributed by atoms with Crippen molar-refractivity contribution >= 4 is 23.9 Å². The molecule has 0 radical (unpaired) electrons. The maximum absolute atomic E-state index is 14.1. The lowest BCUT2D eigenvalue weighted by Crippen LogP contribution is -2.76. The third-order valence-electron chi connectivity index (χ3n) is 22.6. The van der Waals surface area contributed by atoms with Crippen molar-refractivity contribution in [2.75, 3.05) is 19.8 Å². The Balaban J connectivity index is 1.13. The second-order valence-corrected chi connectivity index (χ2v) is 28.7. The Bertz CT molecular complexity index is 2620. The van der Waals surface area contributed by atoms with Gasteiger partial charge in [0.15, 0.2) is 43.3 Å². The molecular formula is C64H100O24. The molecule has 0 amide bonds. The number of carbonyl (C=O) groups is 4. The SMILES string of the molecule is CCC(C)C(=O)O[C@H]1[C@H](OC(=O)/C(C)=C/CCC=C(C)C)C(C)(C)C[C@H]2C3=CC[C@@H]4[C@@]5(C)CC[C@H](O[C@@H]6O[C@H](C(=O)O)[C@@H](O[C@@H]7O[C@@H](CO)[C@H](O)[C@H]7O)[C@H](OC(C)=O)[C@H]6O[C@@H]6O[C@H](CO)[C@@H](O)[C@H](O)[C@H]6O)C(C)(C)[C@@H]5CC[C@@]4(C)[C@]3(C)[C@@H](O)[C@@H](O)[C@]21CO. The highest BCUT2D eigenvalue weighted by atomic mass is 16.8. The minimum atomic E-state index is -2.09. The highest BCUT2D eigenvalue weighted by Gasteiger charge is 2.76. The van der Waals surface area contributed by atoms with Crippen LogP contribution in [0.2, 0.25) is 0 Å². The van der Waals surface area contributed by atoms with E-state index in [1.54, 1.807) is 19.9 Å². The van der Waals surface area contributed by atoms with Crippen molar-refractivity contribution in [1.82, 2.24) is 0 Å². The predicted octanol–water partition coefficient (Wildman–Crippen LogP) is 2.64. The van der Waals surface area contributed by atoms with Crippen LogP contribution in [0.3, 0.4) is 0 Å². The first-order valence-corrected chi connectivity index (χ1v) is 31.4. The number of aliphatic hydroxyl groups excluding tert-OH is 10. The van der Waals surface area contributed by atoms with E-state index in [2.05, 4.69) is 26.0 Å². The molecule has 8 rings (SSSR count). The molecule has 0 spiro atoms. The molecule has 8 aliphatic rings. The van der Waals surface area contributed by atoms with E-state index in [4.69, 9.17) is 42.6 Å². The van der Waals surface area contributed by atoms with Crippen LogP contribution in [-0.4, -0.2) is 216 Å². The van der Waals surface area contributed by atoms with Gasteiger partial charge < -0.3 is 98.8 Å². The molecule has 3 heterocycles. The minimum absolute atomic E-state index is 0.167. The highest BCUT2D eigenvalue weighted by Crippen LogP contribution is 2.76. The van der Waals surface area contributed by atoms with Crippen molar-refractivity contribution in [3.63, 3.8) is 0 Å². The lowest BCUT2D eigenvalue weighted by Gasteiger charge is -2.73. The average molecular weight is 1250 g/mol. The van der Waals surface area contributed by atoms with Crippen molar-refractivity contribution in [2.24, 2.45) is 56.2 Å². The summed E-state index contributed by atoms with van der Waals surface area (Å²) >= 11 is 0. The molecule has 7 fully saturated rings. The van der Waals surface area contributed by atoms with Crippen LogP contribution in [0.4, 0.5) is 0 Å². The predicted molar refractivity (Wildman–Crippen MR) is 309 cm³/mol. The van der Waals surface area contributed by atoms with Crippen LogP contribution in [0, 0.1) is 56.2 Å². The summed E-state index contributed by atoms with van der Waals surface area (Å²) in [6.45, 7) is 22.2. The van der Waals surface area contributed by atoms with Crippen LogP contribution >= 0.6 is 0 Å². The van der Waals surface area contributed by atoms with E-state index in [0.29, 0.717) is 56.9 Å². The first-order valence-electron chi connectivity index (χ1n) is 31.4. The van der Waals surface area contributed by atoms with Crippen LogP contribution in [-0.2, 0) is 61.8 Å². The van der Waals surface area contributed by atoms with Crippen molar-refractivity contribution in [1.29, 1.82) is 0 Å². The smallest absolute Gasteiger partial charge is 0.335 e. The third kappa shape index (κ3) is 12.0. The number of carbonyl (C=O) groups excluding carboxylic acids is 3. The van der Waals surface area contributed by atoms with Gasteiger partial charge in [0.05, 0.1) is 49.5 Å². The molecule has 1 unspecified atom stereocenters. The zero-order chi connectivity index (χ0) is 65.3. The van der Waals surface area contributed by atoms with Crippen molar-refractivity contribution in [3.8, 4) is 0 Å². The average Bonchev–Trinajstić information content (AvgIpc) is 0.721. The van der Waals surface area contributed by atoms with Gasteiger partial charge in [-0.05, 0) is 113 Å². The van der Waals surface area contributed by atoms with E-state index < -0.39 is 205 Å². The van der Waals surface area contributed by atoms with Gasteiger partial charge in [-0.15, -0.1) is 0 Å². The van der Waals surface area contributed by atoms with Gasteiger partial charge in [-0.1, -0.05) is 91.7 Å². The van der Waals surface area contributed by atoms with Gasteiger partial charge in [-0.2, -0.15) is 0 Å². The second-order valence-electron chi connectivity index (χ2n) is 28.7. The fraction of sp³-hybridized carbons (Fsp3) is 0.844. The van der Waals surface area contributed by atoms with Crippen LogP contribution in [0.1, 0.15) is 148 Å². The molecule has 0 aromatic carbocycles. The van der Waals surface area contributed by atoms with E-state index in [0.717, 1.165) is 18.1 Å². The van der Waals surface area contributed by atoms with Gasteiger partial charge >= 0.3 is 23.9 Å². The zero-order valence-electron chi connectivity index (χ0n) is 53.2. The number of rotatable bonds is 19. The van der Waals surface area contributed by atoms with E-state index in [-0.39, 0.29) is 18.3 Å². The highest BCUT2D eigenvalue weighted by molar-refractivity contribution is 5.88. The topological polar surface area (TPSA) is 374 Å². The molecule has 24 heteroatoms. The van der Waals surface area contributed by atoms with Crippen LogP contribution in [0.15, 0.2) is 34.9 Å².